The molecule has 1 amide bonds. The van der Waals surface area contributed by atoms with Crippen LogP contribution in [-0.4, -0.2) is 11.7 Å². The van der Waals surface area contributed by atoms with Gasteiger partial charge in [-0.1, -0.05) is 34.8 Å². The van der Waals surface area contributed by atoms with E-state index >= 15 is 0 Å². The number of ketones is 1. The van der Waals surface area contributed by atoms with Crippen molar-refractivity contribution in [3.63, 3.8) is 0 Å². The van der Waals surface area contributed by atoms with Crippen LogP contribution in [0.4, 0.5) is 5.69 Å². The maximum atomic E-state index is 12.2. The normalized spacial score (nSPS) is 10.3. The van der Waals surface area contributed by atoms with Gasteiger partial charge in [0.1, 0.15) is 0 Å². The quantitative estimate of drug-likeness (QED) is 0.623. The Hall–Kier alpha value is -1.55. The van der Waals surface area contributed by atoms with E-state index in [4.69, 9.17) is 34.8 Å². The van der Waals surface area contributed by atoms with Crippen LogP contribution in [0.15, 0.2) is 36.4 Å². The molecule has 0 aliphatic carbocycles. The number of rotatable bonds is 3. The largest absolute Gasteiger partial charge is 0.322 e. The molecular weight excluding hydrogens is 333 g/mol. The molecule has 0 heterocycles. The molecule has 2 aromatic rings. The second-order valence-electron chi connectivity index (χ2n) is 4.31. The monoisotopic (exact) mass is 341 g/mol. The van der Waals surface area contributed by atoms with Crippen molar-refractivity contribution >= 4 is 52.2 Å². The lowest BCUT2D eigenvalue weighted by Gasteiger charge is -2.09. The molecule has 0 unspecified atom stereocenters. The number of halogens is 3. The van der Waals surface area contributed by atoms with Gasteiger partial charge in [-0.05, 0) is 43.3 Å². The summed E-state index contributed by atoms with van der Waals surface area (Å²) in [6.07, 6.45) is 0. The average Bonchev–Trinajstić information content (AvgIpc) is 2.44. The Morgan fingerprint density at radius 3 is 2.05 bits per heavy atom. The van der Waals surface area contributed by atoms with Crippen LogP contribution in [0.3, 0.4) is 0 Å². The van der Waals surface area contributed by atoms with Crippen LogP contribution in [0.25, 0.3) is 0 Å². The minimum absolute atomic E-state index is 0.0474. The third-order valence-corrected chi connectivity index (χ3v) is 3.94. The van der Waals surface area contributed by atoms with E-state index in [1.165, 1.54) is 19.1 Å². The Bertz CT molecular complexity index is 712. The number of carbonyl (C=O) groups is 2. The zero-order valence-electron chi connectivity index (χ0n) is 10.9. The highest BCUT2D eigenvalue weighted by Gasteiger charge is 2.17. The first-order valence-electron chi connectivity index (χ1n) is 5.96. The summed E-state index contributed by atoms with van der Waals surface area (Å²) in [6, 6.07) is 9.52. The molecule has 0 saturated carbocycles. The van der Waals surface area contributed by atoms with Gasteiger partial charge in [-0.15, -0.1) is 0 Å². The maximum absolute atomic E-state index is 12.2. The number of amides is 1. The number of hydrogen-bond donors (Lipinski definition) is 1. The van der Waals surface area contributed by atoms with Gasteiger partial charge in [-0.2, -0.15) is 0 Å². The highest BCUT2D eigenvalue weighted by Crippen LogP contribution is 2.31. The predicted octanol–water partition coefficient (Wildman–Crippen LogP) is 5.10. The first-order valence-corrected chi connectivity index (χ1v) is 7.09. The van der Waals surface area contributed by atoms with Gasteiger partial charge in [0.05, 0.1) is 20.6 Å². The summed E-state index contributed by atoms with van der Waals surface area (Å²) in [7, 11) is 0. The number of benzene rings is 2. The van der Waals surface area contributed by atoms with Gasteiger partial charge in [0, 0.05) is 11.3 Å². The first kappa shape index (κ1) is 15.8. The number of Topliss-reactive ketones (excluding diaryl/α,β-unsaturated/α-hetero) is 1. The molecule has 1 N–H and O–H groups in total. The topological polar surface area (TPSA) is 46.2 Å². The molecule has 3 nitrogen and oxygen atoms in total. The molecule has 0 fully saturated rings. The molecular formula is C15H10Cl3NO2. The van der Waals surface area contributed by atoms with Crippen molar-refractivity contribution in [1.29, 1.82) is 0 Å². The van der Waals surface area contributed by atoms with Crippen LogP contribution in [0, 0.1) is 0 Å². The summed E-state index contributed by atoms with van der Waals surface area (Å²) in [5, 5.41) is 3.21. The number of carbonyl (C=O) groups excluding carboxylic acids is 2. The lowest BCUT2D eigenvalue weighted by atomic mass is 10.1. The smallest absolute Gasteiger partial charge is 0.258 e. The third kappa shape index (κ3) is 3.56. The van der Waals surface area contributed by atoms with Crippen molar-refractivity contribution in [1.82, 2.24) is 0 Å². The van der Waals surface area contributed by atoms with Crippen molar-refractivity contribution in [2.45, 2.75) is 6.92 Å². The Kier molecular flexibility index (Phi) is 4.88. The van der Waals surface area contributed by atoms with Crippen LogP contribution >= 0.6 is 34.8 Å². The van der Waals surface area contributed by atoms with Crippen LogP contribution in [0.5, 0.6) is 0 Å². The van der Waals surface area contributed by atoms with Crippen LogP contribution < -0.4 is 5.32 Å². The molecule has 108 valence electrons. The second kappa shape index (κ2) is 6.48. The van der Waals surface area contributed by atoms with Crippen molar-refractivity contribution < 1.29 is 9.59 Å². The van der Waals surface area contributed by atoms with Gasteiger partial charge in [0.2, 0.25) is 0 Å². The standard InChI is InChI=1S/C15H10Cl3NO2/c1-8(20)9-2-4-10(5-3-9)19-15(21)13-11(16)6-7-12(17)14(13)18/h2-7H,1H3,(H,19,21). The third-order valence-electron chi connectivity index (χ3n) is 2.82. The lowest BCUT2D eigenvalue weighted by Crippen LogP contribution is -2.13. The zero-order chi connectivity index (χ0) is 15.6. The summed E-state index contributed by atoms with van der Waals surface area (Å²) in [5.74, 6) is -0.517. The number of anilines is 1. The summed E-state index contributed by atoms with van der Waals surface area (Å²) in [5.41, 5.74) is 1.20. The highest BCUT2D eigenvalue weighted by atomic mass is 35.5. The van der Waals surface area contributed by atoms with Crippen molar-refractivity contribution in [2.24, 2.45) is 0 Å². The van der Waals surface area contributed by atoms with Gasteiger partial charge >= 0.3 is 0 Å². The van der Waals surface area contributed by atoms with E-state index in [-0.39, 0.29) is 26.4 Å². The van der Waals surface area contributed by atoms with Gasteiger partial charge in [-0.25, -0.2) is 0 Å². The van der Waals surface area contributed by atoms with Gasteiger partial charge < -0.3 is 5.32 Å². The van der Waals surface area contributed by atoms with E-state index in [1.54, 1.807) is 24.3 Å². The lowest BCUT2D eigenvalue weighted by molar-refractivity contribution is 0.101. The molecule has 0 bridgehead atoms. The van der Waals surface area contributed by atoms with Crippen LogP contribution in [0.2, 0.25) is 15.1 Å². The molecule has 0 radical (unpaired) electrons. The molecule has 2 rings (SSSR count). The predicted molar refractivity (Wildman–Crippen MR) is 85.9 cm³/mol. The number of hydrogen-bond acceptors (Lipinski definition) is 2. The van der Waals surface area contributed by atoms with Gasteiger partial charge in [0.15, 0.2) is 5.78 Å². The average molecular weight is 343 g/mol. The van der Waals surface area contributed by atoms with Crippen molar-refractivity contribution in [2.75, 3.05) is 5.32 Å². The SMILES string of the molecule is CC(=O)c1ccc(NC(=O)c2c(Cl)ccc(Cl)c2Cl)cc1. The summed E-state index contributed by atoms with van der Waals surface area (Å²) in [4.78, 5) is 23.4. The Morgan fingerprint density at radius 1 is 0.905 bits per heavy atom. The molecule has 0 aliphatic rings. The zero-order valence-corrected chi connectivity index (χ0v) is 13.2. The molecule has 0 aliphatic heterocycles. The van der Waals surface area contributed by atoms with E-state index < -0.39 is 5.91 Å². The minimum atomic E-state index is -0.469. The summed E-state index contributed by atoms with van der Waals surface area (Å²) in [6.45, 7) is 1.47. The molecule has 0 aromatic heterocycles. The Balaban J connectivity index is 2.26. The first-order chi connectivity index (χ1) is 9.90. The molecule has 0 atom stereocenters. The van der Waals surface area contributed by atoms with E-state index in [2.05, 4.69) is 5.32 Å². The van der Waals surface area contributed by atoms with E-state index in [0.717, 1.165) is 0 Å². The van der Waals surface area contributed by atoms with Gasteiger partial charge in [-0.3, -0.25) is 9.59 Å². The molecule has 2 aromatic carbocycles. The molecule has 0 saturated heterocycles. The van der Waals surface area contributed by atoms with Crippen LogP contribution in [0.1, 0.15) is 27.6 Å². The van der Waals surface area contributed by atoms with Gasteiger partial charge in [0.25, 0.3) is 5.91 Å². The van der Waals surface area contributed by atoms with E-state index in [0.29, 0.717) is 11.3 Å². The molecule has 0 spiro atoms. The van der Waals surface area contributed by atoms with E-state index in [1.807, 2.05) is 0 Å². The summed E-state index contributed by atoms with van der Waals surface area (Å²) < 4.78 is 0. The summed E-state index contributed by atoms with van der Waals surface area (Å²) >= 11 is 17.9. The molecule has 6 heteroatoms. The Morgan fingerprint density at radius 2 is 1.48 bits per heavy atom. The Labute approximate surface area is 136 Å². The fourth-order valence-electron chi connectivity index (χ4n) is 1.72. The highest BCUT2D eigenvalue weighted by molar-refractivity contribution is 6.46. The van der Waals surface area contributed by atoms with Crippen molar-refractivity contribution in [3.05, 3.63) is 62.6 Å². The second-order valence-corrected chi connectivity index (χ2v) is 5.50. The fraction of sp³-hybridized carbons (Fsp3) is 0.0667. The minimum Gasteiger partial charge on any atom is -0.322 e. The number of nitrogens with one attached hydrogen (secondary N) is 1. The molecule has 21 heavy (non-hydrogen) atoms. The maximum Gasteiger partial charge on any atom is 0.258 e. The van der Waals surface area contributed by atoms with Crippen molar-refractivity contribution in [3.8, 4) is 0 Å². The fourth-order valence-corrected chi connectivity index (χ4v) is 2.42. The van der Waals surface area contributed by atoms with Crippen LogP contribution in [-0.2, 0) is 0 Å². The van der Waals surface area contributed by atoms with E-state index in [9.17, 15) is 9.59 Å².